The molecule has 0 radical (unpaired) electrons. The summed E-state index contributed by atoms with van der Waals surface area (Å²) < 4.78 is 0. The van der Waals surface area contributed by atoms with Crippen molar-refractivity contribution in [3.63, 3.8) is 0 Å². The molecule has 34 heavy (non-hydrogen) atoms. The number of hydrogen-bond acceptors (Lipinski definition) is 7. The number of thiophene rings is 1. The fourth-order valence-corrected chi connectivity index (χ4v) is 6.83. The van der Waals surface area contributed by atoms with Gasteiger partial charge in [0.25, 0.3) is 5.56 Å². The third kappa shape index (κ3) is 5.01. The van der Waals surface area contributed by atoms with Gasteiger partial charge in [-0.25, -0.2) is 4.98 Å². The minimum atomic E-state index is -0.0420. The number of rotatable bonds is 7. The summed E-state index contributed by atoms with van der Waals surface area (Å²) in [6, 6.07) is 8.02. The number of carbonyl (C=O) groups is 1. The topological polar surface area (TPSA) is 81.3 Å². The molecule has 1 aliphatic heterocycles. The monoisotopic (exact) mass is 497 g/mol. The highest BCUT2D eigenvalue weighted by molar-refractivity contribution is 7.99. The molecule has 1 fully saturated rings. The molecule has 0 spiro atoms. The van der Waals surface area contributed by atoms with Crippen molar-refractivity contribution in [1.29, 1.82) is 0 Å². The van der Waals surface area contributed by atoms with E-state index < -0.39 is 0 Å². The van der Waals surface area contributed by atoms with Gasteiger partial charge in [-0.15, -0.1) is 23.1 Å². The van der Waals surface area contributed by atoms with Crippen LogP contribution in [0.3, 0.4) is 0 Å². The van der Waals surface area contributed by atoms with Crippen LogP contribution in [0.4, 0.5) is 11.4 Å². The number of nitrogens with one attached hydrogen (secondary N) is 2. The molecule has 0 unspecified atom stereocenters. The fourth-order valence-electron chi connectivity index (χ4n) is 4.86. The molecule has 9 heteroatoms. The van der Waals surface area contributed by atoms with Crippen molar-refractivity contribution < 1.29 is 4.79 Å². The van der Waals surface area contributed by atoms with Gasteiger partial charge in [-0.05, 0) is 49.9 Å². The Balaban J connectivity index is 1.19. The van der Waals surface area contributed by atoms with Crippen LogP contribution >= 0.6 is 23.1 Å². The maximum atomic E-state index is 12.7. The first-order chi connectivity index (χ1) is 16.6. The molecule has 2 aliphatic rings. The van der Waals surface area contributed by atoms with Gasteiger partial charge < -0.3 is 20.1 Å². The summed E-state index contributed by atoms with van der Waals surface area (Å²) in [4.78, 5) is 40.0. The average molecular weight is 498 g/mol. The zero-order chi connectivity index (χ0) is 23.5. The van der Waals surface area contributed by atoms with Gasteiger partial charge in [0.2, 0.25) is 5.91 Å². The van der Waals surface area contributed by atoms with Crippen LogP contribution in [-0.2, 0) is 23.4 Å². The van der Waals surface area contributed by atoms with Crippen LogP contribution in [-0.4, -0.2) is 59.3 Å². The van der Waals surface area contributed by atoms with E-state index in [2.05, 4.69) is 33.1 Å². The molecule has 0 saturated carbocycles. The molecular formula is C25H31N5O2S2. The van der Waals surface area contributed by atoms with E-state index in [1.54, 1.807) is 11.3 Å². The number of piperazine rings is 1. The number of benzene rings is 1. The summed E-state index contributed by atoms with van der Waals surface area (Å²) in [5.41, 5.74) is 3.10. The van der Waals surface area contributed by atoms with Crippen LogP contribution in [0.15, 0.2) is 29.1 Å². The second-order valence-electron chi connectivity index (χ2n) is 8.88. The van der Waals surface area contributed by atoms with Crippen molar-refractivity contribution in [2.45, 2.75) is 38.4 Å². The number of likely N-dealkylation sites (N-methyl/N-ethyl adjacent to an activating group) is 1. The minimum Gasteiger partial charge on any atom is -0.367 e. The molecular weight excluding hydrogens is 466 g/mol. The molecule has 7 nitrogen and oxygen atoms in total. The van der Waals surface area contributed by atoms with E-state index in [9.17, 15) is 9.59 Å². The zero-order valence-electron chi connectivity index (χ0n) is 19.6. The van der Waals surface area contributed by atoms with E-state index in [1.807, 2.05) is 18.2 Å². The molecule has 1 aliphatic carbocycles. The zero-order valence-corrected chi connectivity index (χ0v) is 21.2. The Labute approximate surface area is 207 Å². The number of hydrogen-bond donors (Lipinski definition) is 2. The number of nitrogens with zero attached hydrogens (tertiary/aromatic N) is 3. The van der Waals surface area contributed by atoms with Gasteiger partial charge in [0.1, 0.15) is 10.7 Å². The molecule has 2 aromatic heterocycles. The molecule has 0 bridgehead atoms. The minimum absolute atomic E-state index is 0.0402. The number of H-pyrrole nitrogens is 1. The molecule has 1 amide bonds. The van der Waals surface area contributed by atoms with Crippen molar-refractivity contribution in [3.05, 3.63) is 50.9 Å². The first kappa shape index (κ1) is 23.4. The Morgan fingerprint density at radius 2 is 1.97 bits per heavy atom. The van der Waals surface area contributed by atoms with Gasteiger partial charge in [0.15, 0.2) is 0 Å². The third-order valence-corrected chi connectivity index (χ3v) is 8.81. The highest BCUT2D eigenvalue weighted by atomic mass is 32.2. The Kier molecular flexibility index (Phi) is 7.22. The lowest BCUT2D eigenvalue weighted by Crippen LogP contribution is -2.46. The van der Waals surface area contributed by atoms with Gasteiger partial charge in [-0.1, -0.05) is 19.1 Å². The predicted octanol–water partition coefficient (Wildman–Crippen LogP) is 3.88. The average Bonchev–Trinajstić information content (AvgIpc) is 3.23. The van der Waals surface area contributed by atoms with E-state index in [1.165, 1.54) is 28.6 Å². The van der Waals surface area contributed by atoms with Crippen molar-refractivity contribution in [3.8, 4) is 0 Å². The Bertz CT molecular complexity index is 1230. The first-order valence-electron chi connectivity index (χ1n) is 12.1. The molecule has 1 aromatic carbocycles. The van der Waals surface area contributed by atoms with Crippen LogP contribution in [0.2, 0.25) is 0 Å². The standard InChI is InChI=1S/C25H31N5O2S2/c1-2-29-11-13-30(14-12-29)19-9-5-4-8-18(19)26-22(31)16-33-15-21-27-24(32)23-17-7-3-6-10-20(17)34-25(23)28-21/h4-5,8-9H,2-3,6-7,10-16H2,1H3,(H,26,31)(H,27,28,32). The molecule has 3 aromatic rings. The summed E-state index contributed by atoms with van der Waals surface area (Å²) in [6.07, 6.45) is 4.36. The lowest BCUT2D eigenvalue weighted by Gasteiger charge is -2.36. The largest absolute Gasteiger partial charge is 0.367 e. The lowest BCUT2D eigenvalue weighted by molar-refractivity contribution is -0.113. The summed E-state index contributed by atoms with van der Waals surface area (Å²) >= 11 is 3.13. The summed E-state index contributed by atoms with van der Waals surface area (Å²) in [5.74, 6) is 1.41. The van der Waals surface area contributed by atoms with E-state index in [0.29, 0.717) is 17.3 Å². The Hall–Kier alpha value is -2.36. The van der Waals surface area contributed by atoms with Crippen LogP contribution in [0.5, 0.6) is 0 Å². The van der Waals surface area contributed by atoms with E-state index in [4.69, 9.17) is 4.98 Å². The quantitative estimate of drug-likeness (QED) is 0.516. The van der Waals surface area contributed by atoms with Crippen LogP contribution in [0.25, 0.3) is 10.2 Å². The number of aromatic nitrogens is 2. The van der Waals surface area contributed by atoms with Gasteiger partial charge in [0, 0.05) is 31.1 Å². The predicted molar refractivity (Wildman–Crippen MR) is 142 cm³/mol. The maximum absolute atomic E-state index is 12.7. The van der Waals surface area contributed by atoms with E-state index in [0.717, 1.165) is 73.6 Å². The second-order valence-corrected chi connectivity index (χ2v) is 11.0. The van der Waals surface area contributed by atoms with E-state index in [-0.39, 0.29) is 11.5 Å². The number of amides is 1. The number of aromatic amines is 1. The molecule has 0 atom stereocenters. The highest BCUT2D eigenvalue weighted by Gasteiger charge is 2.21. The van der Waals surface area contributed by atoms with Gasteiger partial charge in [-0.3, -0.25) is 9.59 Å². The summed E-state index contributed by atoms with van der Waals surface area (Å²) in [6.45, 7) is 7.27. The number of anilines is 2. The van der Waals surface area contributed by atoms with Crippen molar-refractivity contribution in [1.82, 2.24) is 14.9 Å². The van der Waals surface area contributed by atoms with Gasteiger partial charge in [0.05, 0.1) is 28.3 Å². The number of para-hydroxylation sites is 2. The summed E-state index contributed by atoms with van der Waals surface area (Å²) in [7, 11) is 0. The first-order valence-corrected chi connectivity index (χ1v) is 14.1. The second kappa shape index (κ2) is 10.5. The summed E-state index contributed by atoms with van der Waals surface area (Å²) in [5, 5.41) is 3.87. The number of aryl methyl sites for hydroxylation is 2. The number of fused-ring (bicyclic) bond motifs is 3. The van der Waals surface area contributed by atoms with Gasteiger partial charge >= 0.3 is 0 Å². The highest BCUT2D eigenvalue weighted by Crippen LogP contribution is 2.33. The Morgan fingerprint density at radius 1 is 1.18 bits per heavy atom. The van der Waals surface area contributed by atoms with Gasteiger partial charge in [-0.2, -0.15) is 0 Å². The SMILES string of the molecule is CCN1CCN(c2ccccc2NC(=O)CSCc2nc3sc4c(c3c(=O)[nH]2)CCCC4)CC1. The normalized spacial score (nSPS) is 16.6. The molecule has 3 heterocycles. The molecule has 2 N–H and O–H groups in total. The number of thioether (sulfide) groups is 1. The van der Waals surface area contributed by atoms with Crippen molar-refractivity contribution >= 4 is 50.6 Å². The fraction of sp³-hybridized carbons (Fsp3) is 0.480. The van der Waals surface area contributed by atoms with Crippen LogP contribution in [0.1, 0.15) is 36.0 Å². The van der Waals surface area contributed by atoms with Crippen LogP contribution in [0, 0.1) is 0 Å². The third-order valence-electron chi connectivity index (χ3n) is 6.68. The van der Waals surface area contributed by atoms with Crippen LogP contribution < -0.4 is 15.8 Å². The van der Waals surface area contributed by atoms with Crippen molar-refractivity contribution in [2.75, 3.05) is 48.7 Å². The number of carbonyl (C=O) groups excluding carboxylic acids is 1. The molecule has 1 saturated heterocycles. The van der Waals surface area contributed by atoms with E-state index >= 15 is 0 Å². The smallest absolute Gasteiger partial charge is 0.259 e. The maximum Gasteiger partial charge on any atom is 0.259 e. The molecule has 180 valence electrons. The Morgan fingerprint density at radius 3 is 2.79 bits per heavy atom. The molecule has 5 rings (SSSR count). The lowest BCUT2D eigenvalue weighted by atomic mass is 9.97. The van der Waals surface area contributed by atoms with Crippen molar-refractivity contribution in [2.24, 2.45) is 0 Å².